The van der Waals surface area contributed by atoms with Crippen LogP contribution in [0.25, 0.3) is 0 Å². The Kier molecular flexibility index (Phi) is 3.29. The number of benzene rings is 1. The van der Waals surface area contributed by atoms with E-state index in [4.69, 9.17) is 4.74 Å². The van der Waals surface area contributed by atoms with E-state index in [0.717, 1.165) is 18.5 Å². The number of anilines is 1. The summed E-state index contributed by atoms with van der Waals surface area (Å²) >= 11 is 0. The third kappa shape index (κ3) is 2.45. The molecule has 2 rings (SSSR count). The van der Waals surface area contributed by atoms with Crippen LogP contribution in [0.5, 0.6) is 0 Å². The van der Waals surface area contributed by atoms with Crippen LogP contribution in [0.1, 0.15) is 18.9 Å². The molecule has 16 heavy (non-hydrogen) atoms. The lowest BCUT2D eigenvalue weighted by atomic mass is 10.0. The lowest BCUT2D eigenvalue weighted by Crippen LogP contribution is -2.43. The van der Waals surface area contributed by atoms with Gasteiger partial charge in [0.2, 0.25) is 0 Å². The maximum absolute atomic E-state index is 11.2. The number of hydrogen-bond donors (Lipinski definition) is 2. The van der Waals surface area contributed by atoms with Gasteiger partial charge in [-0.1, -0.05) is 18.2 Å². The maximum atomic E-state index is 11.2. The third-order valence-electron chi connectivity index (χ3n) is 2.62. The molecule has 0 saturated carbocycles. The van der Waals surface area contributed by atoms with Crippen LogP contribution in [0.15, 0.2) is 24.3 Å². The molecular weight excluding hydrogens is 204 g/mol. The van der Waals surface area contributed by atoms with Gasteiger partial charge in [0, 0.05) is 5.69 Å². The summed E-state index contributed by atoms with van der Waals surface area (Å²) in [5.41, 5.74) is 2.39. The Hall–Kier alpha value is -1.71. The van der Waals surface area contributed by atoms with E-state index < -0.39 is 0 Å². The van der Waals surface area contributed by atoms with Gasteiger partial charge in [-0.25, -0.2) is 4.79 Å². The predicted molar refractivity (Wildman–Crippen MR) is 62.3 cm³/mol. The molecule has 1 aliphatic heterocycles. The zero-order chi connectivity index (χ0) is 11.4. The minimum absolute atomic E-state index is 0.0334. The topological polar surface area (TPSA) is 50.4 Å². The van der Waals surface area contributed by atoms with Gasteiger partial charge in [-0.3, -0.25) is 0 Å². The fraction of sp³-hybridized carbons (Fsp3) is 0.417. The molecule has 2 N–H and O–H groups in total. The Morgan fingerprint density at radius 3 is 3.19 bits per heavy atom. The third-order valence-corrected chi connectivity index (χ3v) is 2.62. The van der Waals surface area contributed by atoms with Gasteiger partial charge in [-0.05, 0) is 31.4 Å². The summed E-state index contributed by atoms with van der Waals surface area (Å²) in [6.45, 7) is 2.19. The van der Waals surface area contributed by atoms with Gasteiger partial charge in [-0.2, -0.15) is 0 Å². The predicted octanol–water partition coefficient (Wildman–Crippen LogP) is 2.12. The van der Waals surface area contributed by atoms with Crippen molar-refractivity contribution in [3.8, 4) is 0 Å². The standard InChI is InChI=1S/C12H16N2O2/c1-2-16-12(15)14-11-8-7-9-5-3-4-6-10(9)13-11/h3-6,11,13H,2,7-8H2,1H3,(H,14,15)/t11-/m0/s1. The van der Waals surface area contributed by atoms with Gasteiger partial charge >= 0.3 is 6.09 Å². The van der Waals surface area contributed by atoms with Crippen molar-refractivity contribution in [1.82, 2.24) is 5.32 Å². The molecule has 0 unspecified atom stereocenters. The van der Waals surface area contributed by atoms with Crippen molar-refractivity contribution in [2.24, 2.45) is 0 Å². The molecule has 0 aliphatic carbocycles. The highest BCUT2D eigenvalue weighted by atomic mass is 16.5. The molecule has 0 bridgehead atoms. The summed E-state index contributed by atoms with van der Waals surface area (Å²) in [6, 6.07) is 8.13. The Morgan fingerprint density at radius 1 is 1.56 bits per heavy atom. The van der Waals surface area contributed by atoms with Gasteiger partial charge in [0.1, 0.15) is 6.17 Å². The molecular formula is C12H16N2O2. The number of fused-ring (bicyclic) bond motifs is 1. The van der Waals surface area contributed by atoms with Gasteiger partial charge < -0.3 is 15.4 Å². The molecule has 0 saturated heterocycles. The molecule has 1 aliphatic rings. The Labute approximate surface area is 95.0 Å². The van der Waals surface area contributed by atoms with Gasteiger partial charge in [0.15, 0.2) is 0 Å². The second kappa shape index (κ2) is 4.88. The normalized spacial score (nSPS) is 18.2. The van der Waals surface area contributed by atoms with E-state index in [1.807, 2.05) is 18.2 Å². The molecule has 0 aromatic heterocycles. The second-order valence-corrected chi connectivity index (χ2v) is 3.76. The Morgan fingerprint density at radius 2 is 2.38 bits per heavy atom. The zero-order valence-electron chi connectivity index (χ0n) is 9.32. The van der Waals surface area contributed by atoms with Crippen molar-refractivity contribution in [3.63, 3.8) is 0 Å². The van der Waals surface area contributed by atoms with Crippen molar-refractivity contribution in [2.45, 2.75) is 25.9 Å². The van der Waals surface area contributed by atoms with Gasteiger partial charge in [0.05, 0.1) is 6.61 Å². The van der Waals surface area contributed by atoms with Crippen LogP contribution in [-0.2, 0) is 11.2 Å². The first-order chi connectivity index (χ1) is 7.79. The van der Waals surface area contributed by atoms with Crippen LogP contribution >= 0.6 is 0 Å². The van der Waals surface area contributed by atoms with E-state index in [0.29, 0.717) is 6.61 Å². The molecule has 0 spiro atoms. The maximum Gasteiger partial charge on any atom is 0.408 e. The zero-order valence-corrected chi connectivity index (χ0v) is 9.32. The fourth-order valence-corrected chi connectivity index (χ4v) is 1.86. The fourth-order valence-electron chi connectivity index (χ4n) is 1.86. The average molecular weight is 220 g/mol. The molecule has 86 valence electrons. The van der Waals surface area contributed by atoms with Crippen molar-refractivity contribution < 1.29 is 9.53 Å². The Bertz CT molecular complexity index is 379. The van der Waals surface area contributed by atoms with Gasteiger partial charge in [0.25, 0.3) is 0 Å². The molecule has 1 aromatic rings. The minimum atomic E-state index is -0.362. The second-order valence-electron chi connectivity index (χ2n) is 3.76. The summed E-state index contributed by atoms with van der Waals surface area (Å²) in [7, 11) is 0. The lowest BCUT2D eigenvalue weighted by molar-refractivity contribution is 0.148. The van der Waals surface area contributed by atoms with Crippen molar-refractivity contribution >= 4 is 11.8 Å². The summed E-state index contributed by atoms with van der Waals surface area (Å²) in [5.74, 6) is 0. The molecule has 1 aromatic carbocycles. The minimum Gasteiger partial charge on any atom is -0.450 e. The van der Waals surface area contributed by atoms with E-state index in [-0.39, 0.29) is 12.3 Å². The van der Waals surface area contributed by atoms with Crippen LogP contribution in [-0.4, -0.2) is 18.9 Å². The van der Waals surface area contributed by atoms with E-state index in [2.05, 4.69) is 16.7 Å². The highest BCUT2D eigenvalue weighted by molar-refractivity contribution is 5.68. The van der Waals surface area contributed by atoms with Crippen LogP contribution in [0.2, 0.25) is 0 Å². The van der Waals surface area contributed by atoms with E-state index in [1.165, 1.54) is 5.56 Å². The Balaban J connectivity index is 1.95. The number of carbonyl (C=O) groups excluding carboxylic acids is 1. The monoisotopic (exact) mass is 220 g/mol. The number of para-hydroxylation sites is 1. The smallest absolute Gasteiger partial charge is 0.408 e. The number of nitrogens with one attached hydrogen (secondary N) is 2. The SMILES string of the molecule is CCOC(=O)N[C@H]1CCc2ccccc2N1. The molecule has 0 fully saturated rings. The first-order valence-corrected chi connectivity index (χ1v) is 5.57. The number of aryl methyl sites for hydroxylation is 1. The highest BCUT2D eigenvalue weighted by Gasteiger charge is 2.18. The number of rotatable bonds is 2. The number of hydrogen-bond acceptors (Lipinski definition) is 3. The van der Waals surface area contributed by atoms with E-state index in [9.17, 15) is 4.79 Å². The first kappa shape index (κ1) is 10.8. The summed E-state index contributed by atoms with van der Waals surface area (Å²) in [6.07, 6.45) is 1.46. The molecule has 4 nitrogen and oxygen atoms in total. The van der Waals surface area contributed by atoms with Gasteiger partial charge in [-0.15, -0.1) is 0 Å². The number of carbonyl (C=O) groups is 1. The highest BCUT2D eigenvalue weighted by Crippen LogP contribution is 2.23. The first-order valence-electron chi connectivity index (χ1n) is 5.57. The molecule has 0 radical (unpaired) electrons. The van der Waals surface area contributed by atoms with Crippen LogP contribution in [0.3, 0.4) is 0 Å². The van der Waals surface area contributed by atoms with E-state index in [1.54, 1.807) is 6.92 Å². The van der Waals surface area contributed by atoms with Crippen molar-refractivity contribution in [3.05, 3.63) is 29.8 Å². The lowest BCUT2D eigenvalue weighted by Gasteiger charge is -2.27. The quantitative estimate of drug-likeness (QED) is 0.802. The average Bonchev–Trinajstić information content (AvgIpc) is 2.29. The summed E-state index contributed by atoms with van der Waals surface area (Å²) in [5, 5.41) is 6.06. The van der Waals surface area contributed by atoms with Crippen LogP contribution in [0.4, 0.5) is 10.5 Å². The number of amides is 1. The van der Waals surface area contributed by atoms with E-state index >= 15 is 0 Å². The van der Waals surface area contributed by atoms with Crippen molar-refractivity contribution in [2.75, 3.05) is 11.9 Å². The van der Waals surface area contributed by atoms with Crippen LogP contribution < -0.4 is 10.6 Å². The molecule has 1 atom stereocenters. The van der Waals surface area contributed by atoms with Crippen molar-refractivity contribution in [1.29, 1.82) is 0 Å². The summed E-state index contributed by atoms with van der Waals surface area (Å²) in [4.78, 5) is 11.2. The largest absolute Gasteiger partial charge is 0.450 e. The number of ether oxygens (including phenoxy) is 1. The van der Waals surface area contributed by atoms with Crippen LogP contribution in [0, 0.1) is 0 Å². The molecule has 1 heterocycles. The summed E-state index contributed by atoms with van der Waals surface area (Å²) < 4.78 is 4.84. The molecule has 1 amide bonds. The molecule has 4 heteroatoms. The number of alkyl carbamates (subject to hydrolysis) is 1.